The second-order valence-corrected chi connectivity index (χ2v) is 5.91. The number of hydrogen-bond acceptors (Lipinski definition) is 5. The van der Waals surface area contributed by atoms with Gasteiger partial charge in [-0.2, -0.15) is 0 Å². The number of piperazine rings is 1. The normalized spacial score (nSPS) is 15.3. The van der Waals surface area contributed by atoms with Gasteiger partial charge in [0, 0.05) is 38.3 Å². The van der Waals surface area contributed by atoms with Gasteiger partial charge < -0.3 is 19.6 Å². The number of imidazole rings is 1. The van der Waals surface area contributed by atoms with E-state index in [1.54, 1.807) is 17.0 Å². The highest BCUT2D eigenvalue weighted by molar-refractivity contribution is 5.76. The summed E-state index contributed by atoms with van der Waals surface area (Å²) in [6.07, 6.45) is 2.52. The molecular formula is C16H18FN5O3. The van der Waals surface area contributed by atoms with Crippen molar-refractivity contribution in [2.45, 2.75) is 13.1 Å². The summed E-state index contributed by atoms with van der Waals surface area (Å²) in [7, 11) is 0. The number of amides is 1. The molecule has 1 amide bonds. The lowest BCUT2D eigenvalue weighted by Gasteiger charge is -2.34. The maximum Gasteiger partial charge on any atom is 0.381 e. The maximum atomic E-state index is 13.7. The van der Waals surface area contributed by atoms with Crippen LogP contribution in [0.5, 0.6) is 0 Å². The highest BCUT2D eigenvalue weighted by atomic mass is 19.1. The molecule has 1 aromatic heterocycles. The molecule has 0 aliphatic carbocycles. The lowest BCUT2D eigenvalue weighted by Crippen LogP contribution is -2.49. The van der Waals surface area contributed by atoms with Crippen molar-refractivity contribution in [2.24, 2.45) is 0 Å². The summed E-state index contributed by atoms with van der Waals surface area (Å²) < 4.78 is 15.1. The van der Waals surface area contributed by atoms with E-state index in [1.165, 1.54) is 23.2 Å². The van der Waals surface area contributed by atoms with Crippen molar-refractivity contribution in [1.82, 2.24) is 19.4 Å². The lowest BCUT2D eigenvalue weighted by atomic mass is 10.2. The summed E-state index contributed by atoms with van der Waals surface area (Å²) in [6.45, 7) is 2.94. The van der Waals surface area contributed by atoms with Gasteiger partial charge in [-0.25, -0.2) is 4.39 Å². The number of benzene rings is 1. The second kappa shape index (κ2) is 7.39. The fourth-order valence-corrected chi connectivity index (χ4v) is 2.81. The Balaban J connectivity index is 1.50. The zero-order chi connectivity index (χ0) is 17.8. The molecule has 25 heavy (non-hydrogen) atoms. The number of carbonyl (C=O) groups is 1. The smallest absolute Gasteiger partial charge is 0.358 e. The number of nitro groups is 1. The quantitative estimate of drug-likeness (QED) is 0.601. The molecule has 0 unspecified atom stereocenters. The minimum Gasteiger partial charge on any atom is -0.358 e. The number of aromatic nitrogens is 2. The molecule has 0 spiro atoms. The molecule has 9 heteroatoms. The third kappa shape index (κ3) is 4.18. The third-order valence-electron chi connectivity index (χ3n) is 4.20. The number of halogens is 1. The third-order valence-corrected chi connectivity index (χ3v) is 4.20. The van der Waals surface area contributed by atoms with Gasteiger partial charge in [-0.3, -0.25) is 9.69 Å². The summed E-state index contributed by atoms with van der Waals surface area (Å²) in [5, 5.41) is 10.6. The largest absolute Gasteiger partial charge is 0.381 e. The molecule has 0 N–H and O–H groups in total. The number of hydrogen-bond donors (Lipinski definition) is 0. The first-order valence-corrected chi connectivity index (χ1v) is 7.92. The fraction of sp³-hybridized carbons (Fsp3) is 0.375. The Labute approximate surface area is 143 Å². The van der Waals surface area contributed by atoms with Crippen molar-refractivity contribution in [3.63, 3.8) is 0 Å². The van der Waals surface area contributed by atoms with Crippen LogP contribution >= 0.6 is 0 Å². The number of nitrogens with zero attached hydrogens (tertiary/aromatic N) is 5. The van der Waals surface area contributed by atoms with E-state index in [0.29, 0.717) is 38.3 Å². The van der Waals surface area contributed by atoms with Gasteiger partial charge >= 0.3 is 5.82 Å². The van der Waals surface area contributed by atoms with Crippen LogP contribution in [-0.4, -0.2) is 56.4 Å². The van der Waals surface area contributed by atoms with Crippen LogP contribution in [-0.2, 0) is 17.9 Å². The van der Waals surface area contributed by atoms with Crippen LogP contribution in [0.3, 0.4) is 0 Å². The van der Waals surface area contributed by atoms with E-state index in [-0.39, 0.29) is 24.1 Å². The van der Waals surface area contributed by atoms with E-state index >= 15 is 0 Å². The van der Waals surface area contributed by atoms with Gasteiger partial charge in [-0.05, 0) is 16.0 Å². The van der Waals surface area contributed by atoms with E-state index < -0.39 is 4.92 Å². The highest BCUT2D eigenvalue weighted by Crippen LogP contribution is 2.13. The Morgan fingerprint density at radius 2 is 1.96 bits per heavy atom. The standard InChI is InChI=1S/C16H18FN5O3/c17-14-4-2-1-3-13(14)9-19-5-7-21(8-6-19)16(23)11-20-10-15(18-12-20)22(24)25/h1-4,10,12H,5-9,11H2. The molecule has 132 valence electrons. The van der Waals surface area contributed by atoms with Gasteiger partial charge in [0.1, 0.15) is 18.6 Å². The van der Waals surface area contributed by atoms with Crippen molar-refractivity contribution >= 4 is 11.7 Å². The molecule has 0 atom stereocenters. The molecule has 8 nitrogen and oxygen atoms in total. The molecule has 1 fully saturated rings. The lowest BCUT2D eigenvalue weighted by molar-refractivity contribution is -0.389. The first-order valence-electron chi connectivity index (χ1n) is 7.92. The first kappa shape index (κ1) is 17.0. The van der Waals surface area contributed by atoms with Crippen molar-refractivity contribution in [3.8, 4) is 0 Å². The molecule has 3 rings (SSSR count). The van der Waals surface area contributed by atoms with Gasteiger partial charge in [-0.1, -0.05) is 18.2 Å². The minimum absolute atomic E-state index is 0.0220. The maximum absolute atomic E-state index is 13.7. The zero-order valence-corrected chi connectivity index (χ0v) is 13.5. The van der Waals surface area contributed by atoms with E-state index in [4.69, 9.17) is 0 Å². The summed E-state index contributed by atoms with van der Waals surface area (Å²) in [5.74, 6) is -0.608. The van der Waals surface area contributed by atoms with E-state index in [2.05, 4.69) is 9.88 Å². The Morgan fingerprint density at radius 3 is 2.60 bits per heavy atom. The predicted octanol–water partition coefficient (Wildman–Crippen LogP) is 1.27. The summed E-state index contributed by atoms with van der Waals surface area (Å²) >= 11 is 0. The Hall–Kier alpha value is -2.81. The van der Waals surface area contributed by atoms with Gasteiger partial charge in [0.2, 0.25) is 12.2 Å². The van der Waals surface area contributed by atoms with Gasteiger partial charge in [-0.15, -0.1) is 0 Å². The summed E-state index contributed by atoms with van der Waals surface area (Å²) in [4.78, 5) is 29.8. The van der Waals surface area contributed by atoms with Crippen LogP contribution < -0.4 is 0 Å². The van der Waals surface area contributed by atoms with Crippen LogP contribution in [0.15, 0.2) is 36.8 Å². The molecule has 0 radical (unpaired) electrons. The van der Waals surface area contributed by atoms with Gasteiger partial charge in [0.15, 0.2) is 0 Å². The Kier molecular flexibility index (Phi) is 5.03. The molecular weight excluding hydrogens is 329 g/mol. The molecule has 1 saturated heterocycles. The highest BCUT2D eigenvalue weighted by Gasteiger charge is 2.22. The monoisotopic (exact) mass is 347 g/mol. The average Bonchev–Trinajstić information content (AvgIpc) is 3.06. The molecule has 2 heterocycles. The molecule has 1 aliphatic rings. The topological polar surface area (TPSA) is 84.5 Å². The van der Waals surface area contributed by atoms with Gasteiger partial charge in [0.25, 0.3) is 0 Å². The van der Waals surface area contributed by atoms with Crippen LogP contribution in [0.1, 0.15) is 5.56 Å². The molecule has 0 bridgehead atoms. The van der Waals surface area contributed by atoms with Crippen molar-refractivity contribution in [3.05, 3.63) is 58.3 Å². The molecule has 0 saturated carbocycles. The van der Waals surface area contributed by atoms with Crippen LogP contribution in [0, 0.1) is 15.9 Å². The Bertz CT molecular complexity index is 771. The number of rotatable bonds is 5. The summed E-state index contributed by atoms with van der Waals surface area (Å²) in [5.41, 5.74) is 0.646. The molecule has 1 aromatic carbocycles. The van der Waals surface area contributed by atoms with Crippen LogP contribution in [0.25, 0.3) is 0 Å². The van der Waals surface area contributed by atoms with Gasteiger partial charge in [0.05, 0.1) is 0 Å². The number of carbonyl (C=O) groups excluding carboxylic acids is 1. The minimum atomic E-state index is -0.595. The van der Waals surface area contributed by atoms with Crippen molar-refractivity contribution in [1.29, 1.82) is 0 Å². The predicted molar refractivity (Wildman–Crippen MR) is 87.1 cm³/mol. The van der Waals surface area contributed by atoms with Crippen LogP contribution in [0.4, 0.5) is 10.2 Å². The zero-order valence-electron chi connectivity index (χ0n) is 13.5. The molecule has 2 aromatic rings. The first-order chi connectivity index (χ1) is 12.0. The van der Waals surface area contributed by atoms with Crippen molar-refractivity contribution in [2.75, 3.05) is 26.2 Å². The van der Waals surface area contributed by atoms with E-state index in [1.807, 2.05) is 6.07 Å². The van der Waals surface area contributed by atoms with E-state index in [9.17, 15) is 19.3 Å². The van der Waals surface area contributed by atoms with Crippen molar-refractivity contribution < 1.29 is 14.1 Å². The average molecular weight is 347 g/mol. The Morgan fingerprint density at radius 1 is 1.24 bits per heavy atom. The van der Waals surface area contributed by atoms with E-state index in [0.717, 1.165) is 0 Å². The van der Waals surface area contributed by atoms with Crippen LogP contribution in [0.2, 0.25) is 0 Å². The summed E-state index contributed by atoms with van der Waals surface area (Å²) in [6, 6.07) is 6.68. The SMILES string of the molecule is O=C(Cn1cnc([N+](=O)[O-])c1)N1CCN(Cc2ccccc2F)CC1. The second-order valence-electron chi connectivity index (χ2n) is 5.91. The fourth-order valence-electron chi connectivity index (χ4n) is 2.81. The molecule has 1 aliphatic heterocycles.